The number of aromatic nitrogens is 1. The van der Waals surface area contributed by atoms with E-state index in [1.54, 1.807) is 0 Å². The molecule has 1 aromatic carbocycles. The van der Waals surface area contributed by atoms with E-state index >= 15 is 0 Å². The van der Waals surface area contributed by atoms with Gasteiger partial charge in [-0.25, -0.2) is 0 Å². The summed E-state index contributed by atoms with van der Waals surface area (Å²) in [5.41, 5.74) is 2.17. The van der Waals surface area contributed by atoms with Crippen molar-refractivity contribution in [1.29, 1.82) is 0 Å². The molecule has 0 aliphatic rings. The number of nitrogens with zero attached hydrogens (tertiary/aromatic N) is 1. The standard InChI is InChI=1S/C18H26N2O/c1-13(2)11-20(12-14(3)4)18(21)10-15-5-6-16-7-8-19-17(16)9-15/h5-9,13-14,19H,10-12H2,1-4H3. The van der Waals surface area contributed by atoms with Crippen molar-refractivity contribution in [2.45, 2.75) is 34.1 Å². The highest BCUT2D eigenvalue weighted by Gasteiger charge is 2.16. The van der Waals surface area contributed by atoms with Gasteiger partial charge >= 0.3 is 0 Å². The van der Waals surface area contributed by atoms with Gasteiger partial charge in [-0.05, 0) is 34.9 Å². The molecule has 3 nitrogen and oxygen atoms in total. The van der Waals surface area contributed by atoms with Crippen molar-refractivity contribution >= 4 is 16.8 Å². The Hall–Kier alpha value is -1.77. The Morgan fingerprint density at radius 3 is 2.38 bits per heavy atom. The van der Waals surface area contributed by atoms with Crippen LogP contribution >= 0.6 is 0 Å². The van der Waals surface area contributed by atoms with Gasteiger partial charge in [-0.1, -0.05) is 39.8 Å². The molecule has 0 radical (unpaired) electrons. The van der Waals surface area contributed by atoms with E-state index in [2.05, 4.69) is 50.9 Å². The Bertz CT molecular complexity index is 588. The fraction of sp³-hybridized carbons (Fsp3) is 0.500. The van der Waals surface area contributed by atoms with Gasteiger partial charge in [0, 0.05) is 24.8 Å². The van der Waals surface area contributed by atoms with Gasteiger partial charge in [0.1, 0.15) is 0 Å². The molecular weight excluding hydrogens is 260 g/mol. The van der Waals surface area contributed by atoms with Crippen LogP contribution in [0.2, 0.25) is 0 Å². The first-order valence-corrected chi connectivity index (χ1v) is 7.79. The highest BCUT2D eigenvalue weighted by molar-refractivity contribution is 5.83. The summed E-state index contributed by atoms with van der Waals surface area (Å²) in [6.45, 7) is 10.3. The van der Waals surface area contributed by atoms with Crippen molar-refractivity contribution in [3.05, 3.63) is 36.0 Å². The lowest BCUT2D eigenvalue weighted by Gasteiger charge is -2.26. The zero-order chi connectivity index (χ0) is 15.4. The molecule has 1 aromatic heterocycles. The number of amides is 1. The Morgan fingerprint density at radius 1 is 1.10 bits per heavy atom. The molecule has 114 valence electrons. The molecule has 1 N–H and O–H groups in total. The van der Waals surface area contributed by atoms with Gasteiger partial charge in [0.05, 0.1) is 6.42 Å². The average Bonchev–Trinajstić information content (AvgIpc) is 2.84. The van der Waals surface area contributed by atoms with Gasteiger partial charge in [0.2, 0.25) is 5.91 Å². The molecule has 0 atom stereocenters. The lowest BCUT2D eigenvalue weighted by atomic mass is 10.1. The third kappa shape index (κ3) is 4.35. The van der Waals surface area contributed by atoms with E-state index in [0.29, 0.717) is 18.3 Å². The monoisotopic (exact) mass is 286 g/mol. The fourth-order valence-corrected chi connectivity index (χ4v) is 2.65. The molecule has 21 heavy (non-hydrogen) atoms. The molecule has 0 aliphatic heterocycles. The SMILES string of the molecule is CC(C)CN(CC(C)C)C(=O)Cc1ccc2cc[nH]c2c1. The van der Waals surface area contributed by atoms with Crippen molar-refractivity contribution in [1.82, 2.24) is 9.88 Å². The lowest BCUT2D eigenvalue weighted by Crippen LogP contribution is -2.37. The summed E-state index contributed by atoms with van der Waals surface area (Å²) in [6.07, 6.45) is 2.41. The lowest BCUT2D eigenvalue weighted by molar-refractivity contribution is -0.131. The number of benzene rings is 1. The van der Waals surface area contributed by atoms with E-state index < -0.39 is 0 Å². The predicted octanol–water partition coefficient (Wildman–Crippen LogP) is 3.85. The minimum Gasteiger partial charge on any atom is -0.361 e. The van der Waals surface area contributed by atoms with Crippen LogP contribution in [0, 0.1) is 11.8 Å². The molecule has 2 rings (SSSR count). The summed E-state index contributed by atoms with van der Waals surface area (Å²) < 4.78 is 0. The first kappa shape index (κ1) is 15.6. The highest BCUT2D eigenvalue weighted by atomic mass is 16.2. The Labute approximate surface area is 127 Å². The normalized spacial score (nSPS) is 11.5. The number of H-pyrrole nitrogens is 1. The maximum atomic E-state index is 12.6. The van der Waals surface area contributed by atoms with Gasteiger partial charge in [-0.2, -0.15) is 0 Å². The van der Waals surface area contributed by atoms with Crippen LogP contribution in [-0.2, 0) is 11.2 Å². The van der Waals surface area contributed by atoms with E-state index in [0.717, 1.165) is 24.2 Å². The van der Waals surface area contributed by atoms with Gasteiger partial charge in [-0.15, -0.1) is 0 Å². The molecule has 1 heterocycles. The number of carbonyl (C=O) groups excluding carboxylic acids is 1. The van der Waals surface area contributed by atoms with Crippen molar-refractivity contribution < 1.29 is 4.79 Å². The number of nitrogens with one attached hydrogen (secondary N) is 1. The molecule has 0 spiro atoms. The number of aromatic amines is 1. The smallest absolute Gasteiger partial charge is 0.227 e. The summed E-state index contributed by atoms with van der Waals surface area (Å²) >= 11 is 0. The second kappa shape index (κ2) is 6.79. The zero-order valence-corrected chi connectivity index (χ0v) is 13.5. The summed E-state index contributed by atoms with van der Waals surface area (Å²) in [4.78, 5) is 17.8. The minimum atomic E-state index is 0.225. The molecule has 3 heteroatoms. The summed E-state index contributed by atoms with van der Waals surface area (Å²) in [5, 5.41) is 1.19. The average molecular weight is 286 g/mol. The van der Waals surface area contributed by atoms with Crippen LogP contribution in [0.15, 0.2) is 30.5 Å². The van der Waals surface area contributed by atoms with Crippen molar-refractivity contribution in [3.63, 3.8) is 0 Å². The molecule has 0 saturated carbocycles. The Morgan fingerprint density at radius 2 is 1.76 bits per heavy atom. The number of hydrogen-bond acceptors (Lipinski definition) is 1. The van der Waals surface area contributed by atoms with Crippen LogP contribution in [0.3, 0.4) is 0 Å². The number of hydrogen-bond donors (Lipinski definition) is 1. The van der Waals surface area contributed by atoms with E-state index in [9.17, 15) is 4.79 Å². The Balaban J connectivity index is 2.09. The van der Waals surface area contributed by atoms with Gasteiger partial charge in [-0.3, -0.25) is 4.79 Å². The molecular formula is C18H26N2O. The largest absolute Gasteiger partial charge is 0.361 e. The summed E-state index contributed by atoms with van der Waals surface area (Å²) in [7, 11) is 0. The first-order chi connectivity index (χ1) is 9.95. The molecule has 2 aromatic rings. The second-order valence-corrected chi connectivity index (χ2v) is 6.66. The molecule has 0 saturated heterocycles. The van der Waals surface area contributed by atoms with Crippen molar-refractivity contribution in [2.75, 3.05) is 13.1 Å². The van der Waals surface area contributed by atoms with Crippen LogP contribution < -0.4 is 0 Å². The summed E-state index contributed by atoms with van der Waals surface area (Å²) in [5.74, 6) is 1.22. The Kier molecular flexibility index (Phi) is 5.05. The van der Waals surface area contributed by atoms with E-state index in [-0.39, 0.29) is 5.91 Å². The third-order valence-corrected chi connectivity index (χ3v) is 3.50. The minimum absolute atomic E-state index is 0.225. The fourth-order valence-electron chi connectivity index (χ4n) is 2.65. The van der Waals surface area contributed by atoms with Gasteiger partial charge in [0.25, 0.3) is 0 Å². The van der Waals surface area contributed by atoms with Crippen LogP contribution in [0.5, 0.6) is 0 Å². The van der Waals surface area contributed by atoms with Crippen LogP contribution in [0.25, 0.3) is 10.9 Å². The quantitative estimate of drug-likeness (QED) is 0.860. The van der Waals surface area contributed by atoms with Gasteiger partial charge < -0.3 is 9.88 Å². The highest BCUT2D eigenvalue weighted by Crippen LogP contribution is 2.16. The topological polar surface area (TPSA) is 36.1 Å². The summed E-state index contributed by atoms with van der Waals surface area (Å²) in [6, 6.07) is 8.25. The van der Waals surface area contributed by atoms with Gasteiger partial charge in [0.15, 0.2) is 0 Å². The van der Waals surface area contributed by atoms with E-state index in [4.69, 9.17) is 0 Å². The number of fused-ring (bicyclic) bond motifs is 1. The second-order valence-electron chi connectivity index (χ2n) is 6.66. The van der Waals surface area contributed by atoms with Crippen LogP contribution in [-0.4, -0.2) is 28.9 Å². The third-order valence-electron chi connectivity index (χ3n) is 3.50. The molecule has 0 fully saturated rings. The molecule has 0 bridgehead atoms. The predicted molar refractivity (Wildman–Crippen MR) is 88.3 cm³/mol. The molecule has 0 aliphatic carbocycles. The van der Waals surface area contributed by atoms with E-state index in [1.807, 2.05) is 17.2 Å². The number of carbonyl (C=O) groups is 1. The van der Waals surface area contributed by atoms with Crippen molar-refractivity contribution in [2.24, 2.45) is 11.8 Å². The maximum absolute atomic E-state index is 12.6. The molecule has 0 unspecified atom stereocenters. The van der Waals surface area contributed by atoms with E-state index in [1.165, 1.54) is 5.39 Å². The van der Waals surface area contributed by atoms with Crippen molar-refractivity contribution in [3.8, 4) is 0 Å². The van der Waals surface area contributed by atoms with Crippen LogP contribution in [0.1, 0.15) is 33.3 Å². The first-order valence-electron chi connectivity index (χ1n) is 7.79. The molecule has 1 amide bonds. The maximum Gasteiger partial charge on any atom is 0.227 e. The zero-order valence-electron chi connectivity index (χ0n) is 13.5. The number of rotatable bonds is 6. The van der Waals surface area contributed by atoms with Crippen LogP contribution in [0.4, 0.5) is 0 Å².